The third-order valence-corrected chi connectivity index (χ3v) is 4.96. The van der Waals surface area contributed by atoms with Gasteiger partial charge in [0.25, 0.3) is 0 Å². The Bertz CT molecular complexity index is 1010. The smallest absolute Gasteiger partial charge is 0.237 e. The van der Waals surface area contributed by atoms with Gasteiger partial charge in [0.1, 0.15) is 0 Å². The molecule has 3 heterocycles. The highest BCUT2D eigenvalue weighted by Gasteiger charge is 2.15. The van der Waals surface area contributed by atoms with E-state index < -0.39 is 0 Å². The second kappa shape index (κ2) is 8.88. The molecule has 0 unspecified atom stereocenters. The van der Waals surface area contributed by atoms with E-state index in [9.17, 15) is 4.79 Å². The number of Topliss-reactive ketones (excluding diaryl/α,β-unsaturated/α-hetero) is 1. The van der Waals surface area contributed by atoms with Crippen molar-refractivity contribution in [3.05, 3.63) is 94.6 Å². The van der Waals surface area contributed by atoms with Crippen LogP contribution >= 0.6 is 11.3 Å². The fourth-order valence-corrected chi connectivity index (χ4v) is 3.44. The minimum Gasteiger partial charge on any atom is -1.00 e. The molecule has 136 valence electrons. The average Bonchev–Trinajstić information content (AvgIpc) is 3.35. The van der Waals surface area contributed by atoms with Gasteiger partial charge in [-0.15, -0.1) is 11.3 Å². The van der Waals surface area contributed by atoms with E-state index >= 15 is 0 Å². The summed E-state index contributed by atoms with van der Waals surface area (Å²) in [5, 5.41) is 6.08. The van der Waals surface area contributed by atoms with Gasteiger partial charge in [-0.3, -0.25) is 4.79 Å². The van der Waals surface area contributed by atoms with Crippen molar-refractivity contribution in [2.24, 2.45) is 0 Å². The molecule has 0 aliphatic carbocycles. The summed E-state index contributed by atoms with van der Waals surface area (Å²) in [6.45, 7) is 0.305. The summed E-state index contributed by atoms with van der Waals surface area (Å²) in [6, 6.07) is 19.7. The van der Waals surface area contributed by atoms with Crippen molar-refractivity contribution in [1.82, 2.24) is 5.16 Å². The number of nitrogens with zero attached hydrogens (tertiary/aromatic N) is 2. The first kappa shape index (κ1) is 19.2. The molecule has 0 aliphatic rings. The van der Waals surface area contributed by atoms with Gasteiger partial charge >= 0.3 is 0 Å². The molecule has 0 bridgehead atoms. The SMILES string of the molecule is O=C(C[n+]1cccc(-c2cc(Cc3ccccc3)no2)c1)c1cccs1.[Br-]. The first-order valence-corrected chi connectivity index (χ1v) is 9.21. The summed E-state index contributed by atoms with van der Waals surface area (Å²) >= 11 is 1.46. The number of pyridine rings is 1. The molecule has 0 atom stereocenters. The maximum atomic E-state index is 12.3. The monoisotopic (exact) mass is 440 g/mol. The van der Waals surface area contributed by atoms with Gasteiger partial charge in [-0.2, -0.15) is 4.57 Å². The maximum Gasteiger partial charge on any atom is 0.237 e. The summed E-state index contributed by atoms with van der Waals surface area (Å²) in [5.41, 5.74) is 2.98. The molecular weight excluding hydrogens is 424 g/mol. The zero-order valence-electron chi connectivity index (χ0n) is 14.4. The van der Waals surface area contributed by atoms with Gasteiger partial charge in [0.05, 0.1) is 16.1 Å². The number of carbonyl (C=O) groups is 1. The van der Waals surface area contributed by atoms with Gasteiger partial charge in [0, 0.05) is 18.6 Å². The van der Waals surface area contributed by atoms with Crippen molar-refractivity contribution < 1.29 is 30.9 Å². The van der Waals surface area contributed by atoms with E-state index in [1.54, 1.807) is 0 Å². The predicted octanol–water partition coefficient (Wildman–Crippen LogP) is 1.17. The predicted molar refractivity (Wildman–Crippen MR) is 100 cm³/mol. The molecule has 0 saturated heterocycles. The van der Waals surface area contributed by atoms with Crippen molar-refractivity contribution in [2.45, 2.75) is 13.0 Å². The van der Waals surface area contributed by atoms with Crippen LogP contribution in [0, 0.1) is 0 Å². The molecule has 0 radical (unpaired) electrons. The summed E-state index contributed by atoms with van der Waals surface area (Å²) < 4.78 is 7.38. The highest BCUT2D eigenvalue weighted by molar-refractivity contribution is 7.12. The lowest BCUT2D eigenvalue weighted by Gasteiger charge is -1.97. The normalized spacial score (nSPS) is 10.4. The number of aromatic nitrogens is 2. The molecule has 0 fully saturated rings. The number of thiophene rings is 1. The molecule has 27 heavy (non-hydrogen) atoms. The Kier molecular flexibility index (Phi) is 6.32. The molecular formula is C21H17BrN2O2S. The van der Waals surface area contributed by atoms with Crippen LogP contribution in [0.3, 0.4) is 0 Å². The molecule has 0 spiro atoms. The lowest BCUT2D eigenvalue weighted by atomic mass is 10.1. The maximum absolute atomic E-state index is 12.3. The third-order valence-electron chi connectivity index (χ3n) is 4.05. The summed E-state index contributed by atoms with van der Waals surface area (Å²) in [5.74, 6) is 0.804. The van der Waals surface area contributed by atoms with E-state index in [4.69, 9.17) is 4.52 Å². The van der Waals surface area contributed by atoms with Gasteiger partial charge in [-0.25, -0.2) is 0 Å². The van der Waals surface area contributed by atoms with E-state index in [1.165, 1.54) is 16.9 Å². The van der Waals surface area contributed by atoms with Crippen molar-refractivity contribution >= 4 is 17.1 Å². The zero-order valence-corrected chi connectivity index (χ0v) is 16.8. The fraction of sp³-hybridized carbons (Fsp3) is 0.0952. The summed E-state index contributed by atoms with van der Waals surface area (Å²) in [6.07, 6.45) is 4.53. The van der Waals surface area contributed by atoms with Gasteiger partial charge in [0.2, 0.25) is 12.3 Å². The molecule has 0 N–H and O–H groups in total. The van der Waals surface area contributed by atoms with Crippen LogP contribution in [0.1, 0.15) is 20.9 Å². The molecule has 6 heteroatoms. The van der Waals surface area contributed by atoms with E-state index in [0.717, 1.165) is 22.6 Å². The molecule has 0 aliphatic heterocycles. The molecule has 4 nitrogen and oxygen atoms in total. The Labute approximate surface area is 171 Å². The first-order valence-electron chi connectivity index (χ1n) is 8.33. The van der Waals surface area contributed by atoms with Crippen LogP contribution in [-0.4, -0.2) is 10.9 Å². The number of halogens is 1. The van der Waals surface area contributed by atoms with Crippen LogP contribution in [0.15, 0.2) is 83.0 Å². The number of benzene rings is 1. The van der Waals surface area contributed by atoms with Gasteiger partial charge in [-0.1, -0.05) is 41.6 Å². The minimum absolute atomic E-state index is 0. The van der Waals surface area contributed by atoms with Gasteiger partial charge < -0.3 is 21.5 Å². The highest BCUT2D eigenvalue weighted by Crippen LogP contribution is 2.20. The Morgan fingerprint density at radius 3 is 2.70 bits per heavy atom. The zero-order chi connectivity index (χ0) is 17.8. The Morgan fingerprint density at radius 2 is 1.93 bits per heavy atom. The number of ketones is 1. The number of hydrogen-bond donors (Lipinski definition) is 0. The van der Waals surface area contributed by atoms with Crippen LogP contribution in [-0.2, 0) is 13.0 Å². The van der Waals surface area contributed by atoms with Crippen molar-refractivity contribution in [2.75, 3.05) is 0 Å². The van der Waals surface area contributed by atoms with Crippen molar-refractivity contribution in [3.8, 4) is 11.3 Å². The van der Waals surface area contributed by atoms with Crippen molar-refractivity contribution in [1.29, 1.82) is 0 Å². The van der Waals surface area contributed by atoms with Crippen LogP contribution < -0.4 is 21.5 Å². The third kappa shape index (κ3) is 4.78. The van der Waals surface area contributed by atoms with Crippen LogP contribution in [0.25, 0.3) is 11.3 Å². The van der Waals surface area contributed by atoms with E-state index in [2.05, 4.69) is 17.3 Å². The van der Waals surface area contributed by atoms with Gasteiger partial charge in [-0.05, 0) is 23.1 Å². The quantitative estimate of drug-likeness (QED) is 0.334. The topological polar surface area (TPSA) is 47.0 Å². The Hall–Kier alpha value is -2.57. The lowest BCUT2D eigenvalue weighted by Crippen LogP contribution is -3.00. The number of rotatable bonds is 6. The minimum atomic E-state index is 0. The van der Waals surface area contributed by atoms with Gasteiger partial charge in [0.15, 0.2) is 18.2 Å². The number of carbonyl (C=O) groups excluding carboxylic acids is 1. The lowest BCUT2D eigenvalue weighted by molar-refractivity contribution is -0.682. The van der Waals surface area contributed by atoms with Crippen molar-refractivity contribution in [3.63, 3.8) is 0 Å². The number of hydrogen-bond acceptors (Lipinski definition) is 4. The molecule has 4 aromatic rings. The largest absolute Gasteiger partial charge is 1.00 e. The standard InChI is InChI=1S/C21H17N2O2S.BrH/c24-19(21-9-5-11-26-21)15-23-10-4-8-17(14-23)20-13-18(22-25-20)12-16-6-2-1-3-7-16;/h1-11,13-14H,12,15H2;1H/q+1;/p-1. The molecule has 4 rings (SSSR count). The van der Waals surface area contributed by atoms with E-state index in [-0.39, 0.29) is 22.8 Å². The van der Waals surface area contributed by atoms with Crippen LogP contribution in [0.2, 0.25) is 0 Å². The Morgan fingerprint density at radius 1 is 1.07 bits per heavy atom. The van der Waals surface area contributed by atoms with Crippen LogP contribution in [0.4, 0.5) is 0 Å². The second-order valence-electron chi connectivity index (χ2n) is 6.01. The second-order valence-corrected chi connectivity index (χ2v) is 6.96. The molecule has 1 aromatic carbocycles. The highest BCUT2D eigenvalue weighted by atomic mass is 79.9. The summed E-state index contributed by atoms with van der Waals surface area (Å²) in [4.78, 5) is 13.1. The Balaban J connectivity index is 0.00000210. The van der Waals surface area contributed by atoms with Crippen LogP contribution in [0.5, 0.6) is 0 Å². The molecule has 3 aromatic heterocycles. The summed E-state index contributed by atoms with van der Waals surface area (Å²) in [7, 11) is 0. The van der Waals surface area contributed by atoms with E-state index in [1.807, 2.05) is 70.9 Å². The molecule has 0 amide bonds. The fourth-order valence-electron chi connectivity index (χ4n) is 2.78. The molecule has 0 saturated carbocycles. The first-order chi connectivity index (χ1) is 12.8. The van der Waals surface area contributed by atoms with E-state index in [0.29, 0.717) is 12.3 Å². The average molecular weight is 441 g/mol.